The van der Waals surface area contributed by atoms with E-state index in [9.17, 15) is 24.3 Å². The number of ketones is 1. The molecule has 0 spiro atoms. The molecule has 0 bridgehead atoms. The van der Waals surface area contributed by atoms with Crippen molar-refractivity contribution in [1.29, 1.82) is 0 Å². The van der Waals surface area contributed by atoms with E-state index >= 15 is 0 Å². The van der Waals surface area contributed by atoms with Crippen LogP contribution in [-0.2, 0) is 28.7 Å². The van der Waals surface area contributed by atoms with E-state index < -0.39 is 40.9 Å². The van der Waals surface area contributed by atoms with Crippen LogP contribution in [0.2, 0.25) is 0 Å². The van der Waals surface area contributed by atoms with Gasteiger partial charge in [-0.05, 0) is 86.0 Å². The number of hydrogen-bond acceptors (Lipinski definition) is 6. The van der Waals surface area contributed by atoms with E-state index in [2.05, 4.69) is 41.5 Å². The topological polar surface area (TPSA) is 107 Å². The van der Waals surface area contributed by atoms with Crippen LogP contribution in [-0.4, -0.2) is 41.0 Å². The Morgan fingerprint density at radius 1 is 0.976 bits per heavy atom. The van der Waals surface area contributed by atoms with Gasteiger partial charge in [-0.25, -0.2) is 4.79 Å². The smallest absolute Gasteiger partial charge is 0.330 e. The Bertz CT molecular complexity index is 1190. The summed E-state index contributed by atoms with van der Waals surface area (Å²) >= 11 is 0. The van der Waals surface area contributed by atoms with Gasteiger partial charge in [0, 0.05) is 36.7 Å². The lowest BCUT2D eigenvalue weighted by atomic mass is 9.42. The summed E-state index contributed by atoms with van der Waals surface area (Å²) in [6, 6.07) is 0. The Morgan fingerprint density at radius 3 is 2.20 bits per heavy atom. The standard InChI is InChI=1S/C34H50O7/c1-19(11-10-12-20(2)30(38)39)23-15-18-33(8)24-13-14-25-31(5,6)26(37)16-17-32(25,7)27(24)28(40-21(3)35)29(34(23,33)9)41-22(4)36/h12,19,23,25,28-29H,10-11,13-18H2,1-9H3,(H,38,39)/b20-12+/t19-,23-,25+,28-,29-,32+,33+,34+/m1/s1. The third-order valence-corrected chi connectivity index (χ3v) is 12.3. The molecule has 228 valence electrons. The van der Waals surface area contributed by atoms with Crippen molar-refractivity contribution in [3.8, 4) is 0 Å². The SMILES string of the molecule is CC(=O)O[C@@H]1C2=C(CC[C@H]3C(C)(C)C(=O)CC[C@]23C)[C@]2(C)CC[C@H]([C@H](C)CC/C=C(\C)C(=O)O)[C@@]2(C)[C@@H]1OC(C)=O. The van der Waals surface area contributed by atoms with Crippen molar-refractivity contribution in [2.75, 3.05) is 0 Å². The number of hydrogen-bond donors (Lipinski definition) is 1. The molecule has 0 saturated heterocycles. The van der Waals surface area contributed by atoms with Crippen molar-refractivity contribution in [2.45, 2.75) is 126 Å². The maximum absolute atomic E-state index is 13.1. The van der Waals surface area contributed by atoms with Crippen LogP contribution >= 0.6 is 0 Å². The van der Waals surface area contributed by atoms with E-state index in [1.807, 2.05) is 0 Å². The van der Waals surface area contributed by atoms with Gasteiger partial charge in [0.05, 0.1) is 0 Å². The predicted octanol–water partition coefficient (Wildman–Crippen LogP) is 6.84. The summed E-state index contributed by atoms with van der Waals surface area (Å²) in [5, 5.41) is 9.29. The van der Waals surface area contributed by atoms with E-state index in [-0.39, 0.29) is 28.6 Å². The van der Waals surface area contributed by atoms with Gasteiger partial charge in [0.25, 0.3) is 0 Å². The predicted molar refractivity (Wildman–Crippen MR) is 156 cm³/mol. The number of fused-ring (bicyclic) bond motifs is 4. The lowest BCUT2D eigenvalue weighted by Crippen LogP contribution is -2.64. The Labute approximate surface area is 245 Å². The van der Waals surface area contributed by atoms with Gasteiger partial charge in [-0.3, -0.25) is 14.4 Å². The van der Waals surface area contributed by atoms with Crippen LogP contribution in [0.5, 0.6) is 0 Å². The summed E-state index contributed by atoms with van der Waals surface area (Å²) in [6.45, 7) is 17.6. The second-order valence-electron chi connectivity index (χ2n) is 14.6. The molecule has 0 amide bonds. The minimum atomic E-state index is -0.902. The molecule has 4 aliphatic carbocycles. The highest BCUT2D eigenvalue weighted by atomic mass is 16.6. The fourth-order valence-electron chi connectivity index (χ4n) is 9.98. The quantitative estimate of drug-likeness (QED) is 0.203. The first-order valence-corrected chi connectivity index (χ1v) is 15.4. The zero-order chi connectivity index (χ0) is 30.7. The van der Waals surface area contributed by atoms with E-state index in [4.69, 9.17) is 9.47 Å². The molecule has 0 radical (unpaired) electrons. The highest BCUT2D eigenvalue weighted by molar-refractivity contribution is 5.86. The Hall–Kier alpha value is -2.44. The molecule has 0 aliphatic heterocycles. The first kappa shape index (κ1) is 31.5. The zero-order valence-corrected chi connectivity index (χ0v) is 26.5. The third-order valence-electron chi connectivity index (χ3n) is 12.3. The highest BCUT2D eigenvalue weighted by Crippen LogP contribution is 2.73. The van der Waals surface area contributed by atoms with Gasteiger partial charge in [-0.2, -0.15) is 0 Å². The Kier molecular flexibility index (Phi) is 8.20. The number of allylic oxidation sites excluding steroid dienone is 2. The number of ether oxygens (including phenoxy) is 2. The number of rotatable bonds is 7. The molecule has 2 saturated carbocycles. The number of carboxylic acid groups (broad SMARTS) is 1. The maximum Gasteiger partial charge on any atom is 0.330 e. The lowest BCUT2D eigenvalue weighted by Gasteiger charge is -2.63. The summed E-state index contributed by atoms with van der Waals surface area (Å²) in [7, 11) is 0. The van der Waals surface area contributed by atoms with Gasteiger partial charge >= 0.3 is 17.9 Å². The average Bonchev–Trinajstić information content (AvgIpc) is 3.15. The third kappa shape index (κ3) is 4.79. The molecule has 0 heterocycles. The molecular formula is C34H50O7. The molecule has 7 heteroatoms. The minimum absolute atomic E-state index is 0.111. The highest BCUT2D eigenvalue weighted by Gasteiger charge is 2.70. The van der Waals surface area contributed by atoms with Crippen LogP contribution in [0, 0.1) is 39.4 Å². The second-order valence-corrected chi connectivity index (χ2v) is 14.6. The fraction of sp³-hybridized carbons (Fsp3) is 0.765. The number of carbonyl (C=O) groups is 4. The normalized spacial score (nSPS) is 38.9. The molecule has 0 aromatic carbocycles. The van der Waals surface area contributed by atoms with Crippen LogP contribution in [0.15, 0.2) is 22.8 Å². The number of aliphatic carboxylic acids is 1. The summed E-state index contributed by atoms with van der Waals surface area (Å²) in [4.78, 5) is 49.9. The molecule has 4 rings (SSSR count). The largest absolute Gasteiger partial charge is 0.478 e. The molecule has 0 unspecified atom stereocenters. The lowest BCUT2D eigenvalue weighted by molar-refractivity contribution is -0.195. The Balaban J connectivity index is 1.87. The van der Waals surface area contributed by atoms with Crippen molar-refractivity contribution in [3.63, 3.8) is 0 Å². The van der Waals surface area contributed by atoms with Gasteiger partial charge in [0.1, 0.15) is 11.9 Å². The van der Waals surface area contributed by atoms with Crippen molar-refractivity contribution in [3.05, 3.63) is 22.8 Å². The van der Waals surface area contributed by atoms with Gasteiger partial charge in [0.2, 0.25) is 0 Å². The van der Waals surface area contributed by atoms with Crippen LogP contribution in [0.4, 0.5) is 0 Å². The van der Waals surface area contributed by atoms with Crippen molar-refractivity contribution in [2.24, 2.45) is 39.4 Å². The average molecular weight is 571 g/mol. The molecule has 4 aliphatic rings. The maximum atomic E-state index is 13.1. The molecule has 41 heavy (non-hydrogen) atoms. The number of esters is 2. The van der Waals surface area contributed by atoms with Gasteiger partial charge in [-0.15, -0.1) is 0 Å². The first-order chi connectivity index (χ1) is 18.9. The molecule has 1 N–H and O–H groups in total. The van der Waals surface area contributed by atoms with E-state index in [0.29, 0.717) is 30.6 Å². The monoisotopic (exact) mass is 570 g/mol. The molecule has 0 aromatic rings. The number of Topliss-reactive ketones (excluding diaryl/α,β-unsaturated/α-hetero) is 1. The van der Waals surface area contributed by atoms with Crippen LogP contribution in [0.1, 0.15) is 114 Å². The Morgan fingerprint density at radius 2 is 1.61 bits per heavy atom. The zero-order valence-electron chi connectivity index (χ0n) is 26.5. The van der Waals surface area contributed by atoms with Crippen LogP contribution in [0.3, 0.4) is 0 Å². The molecule has 0 aromatic heterocycles. The first-order valence-electron chi connectivity index (χ1n) is 15.4. The summed E-state index contributed by atoms with van der Waals surface area (Å²) < 4.78 is 12.5. The summed E-state index contributed by atoms with van der Waals surface area (Å²) in [5.41, 5.74) is 1.18. The van der Waals surface area contributed by atoms with E-state index in [0.717, 1.165) is 37.7 Å². The van der Waals surface area contributed by atoms with Gasteiger partial charge < -0.3 is 14.6 Å². The molecule has 8 atom stereocenters. The van der Waals surface area contributed by atoms with Gasteiger partial charge in [0.15, 0.2) is 6.10 Å². The van der Waals surface area contributed by atoms with E-state index in [1.165, 1.54) is 19.4 Å². The van der Waals surface area contributed by atoms with E-state index in [1.54, 1.807) is 13.0 Å². The summed E-state index contributed by atoms with van der Waals surface area (Å²) in [5.74, 6) is -0.887. The van der Waals surface area contributed by atoms with Crippen LogP contribution < -0.4 is 0 Å². The molecular weight excluding hydrogens is 520 g/mol. The number of carbonyl (C=O) groups excluding carboxylic acids is 3. The fourth-order valence-corrected chi connectivity index (χ4v) is 9.98. The molecule has 2 fully saturated rings. The van der Waals surface area contributed by atoms with Crippen molar-refractivity contribution < 1.29 is 33.8 Å². The summed E-state index contributed by atoms with van der Waals surface area (Å²) in [6.07, 6.45) is 6.71. The van der Waals surface area contributed by atoms with Crippen molar-refractivity contribution in [1.82, 2.24) is 0 Å². The second kappa shape index (κ2) is 10.7. The van der Waals surface area contributed by atoms with Crippen molar-refractivity contribution >= 4 is 23.7 Å². The number of carboxylic acids is 1. The molecule has 7 nitrogen and oxygen atoms in total. The van der Waals surface area contributed by atoms with Gasteiger partial charge in [-0.1, -0.05) is 53.2 Å². The minimum Gasteiger partial charge on any atom is -0.478 e. The van der Waals surface area contributed by atoms with Crippen LogP contribution in [0.25, 0.3) is 0 Å².